The van der Waals surface area contributed by atoms with Crippen LogP contribution >= 0.6 is 0 Å². The van der Waals surface area contributed by atoms with Gasteiger partial charge in [0.2, 0.25) is 0 Å². The van der Waals surface area contributed by atoms with Crippen molar-refractivity contribution in [2.75, 3.05) is 62.1 Å². The molecule has 0 amide bonds. The second-order valence-electron chi connectivity index (χ2n) is 25.9. The number of aliphatic carboxylic acids is 1. The van der Waals surface area contributed by atoms with E-state index in [1.54, 1.807) is 82.2 Å². The van der Waals surface area contributed by atoms with Gasteiger partial charge in [-0.3, -0.25) is 28.8 Å². The van der Waals surface area contributed by atoms with E-state index in [2.05, 4.69) is 9.80 Å². The van der Waals surface area contributed by atoms with Gasteiger partial charge in [-0.05, 0) is 266 Å². The molecule has 0 saturated heterocycles. The number of aromatic nitrogens is 2. The van der Waals surface area contributed by atoms with E-state index in [9.17, 15) is 33.9 Å². The van der Waals surface area contributed by atoms with Crippen LogP contribution in [0.25, 0.3) is 22.3 Å². The second-order valence-corrected chi connectivity index (χ2v) is 25.9. The van der Waals surface area contributed by atoms with Crippen molar-refractivity contribution >= 4 is 23.5 Å². The van der Waals surface area contributed by atoms with E-state index in [4.69, 9.17) is 14.2 Å². The molecule has 0 aliphatic heterocycles. The first-order valence-corrected chi connectivity index (χ1v) is 31.4. The number of pyridine rings is 2. The number of carboxylic acid groups (broad SMARTS) is 1. The summed E-state index contributed by atoms with van der Waals surface area (Å²) in [6.07, 6.45) is 4.96. The number of hydrogen-bond donors (Lipinski definition) is 1. The minimum Gasteiger partial charge on any atom is -0.870 e. The molecule has 0 bridgehead atoms. The van der Waals surface area contributed by atoms with E-state index in [0.717, 1.165) is 92.0 Å². The summed E-state index contributed by atoms with van der Waals surface area (Å²) in [4.78, 5) is 84.1. The van der Waals surface area contributed by atoms with Gasteiger partial charge in [-0.1, -0.05) is 27.7 Å². The van der Waals surface area contributed by atoms with Crippen LogP contribution in [-0.2, 0) is 36.8 Å². The van der Waals surface area contributed by atoms with Gasteiger partial charge in [0.15, 0.2) is 11.6 Å². The van der Waals surface area contributed by atoms with Crippen molar-refractivity contribution in [3.05, 3.63) is 172 Å². The Labute approximate surface area is 556 Å². The molecule has 0 saturated carbocycles. The summed E-state index contributed by atoms with van der Waals surface area (Å²) >= 11 is 0. The van der Waals surface area contributed by atoms with Crippen LogP contribution in [0.15, 0.2) is 82.6 Å². The number of carboxylic acids is 1. The maximum absolute atomic E-state index is 16.1. The fraction of sp³-hybridized carbons (Fsp3) is 0.486. The van der Waals surface area contributed by atoms with Gasteiger partial charge in [-0.25, -0.2) is 8.78 Å². The van der Waals surface area contributed by atoms with Crippen LogP contribution in [0.1, 0.15) is 164 Å². The van der Waals surface area contributed by atoms with Crippen LogP contribution in [-0.4, -0.2) is 115 Å². The molecule has 4 aromatic carbocycles. The van der Waals surface area contributed by atoms with Crippen molar-refractivity contribution in [3.8, 4) is 33.8 Å². The zero-order valence-electron chi connectivity index (χ0n) is 58.3. The molecular formula is C74H99F2LiN4O11. The number of likely N-dealkylation sites (N-methyl/N-ethyl adjacent to an activating group) is 2. The van der Waals surface area contributed by atoms with Crippen LogP contribution in [0.3, 0.4) is 0 Å². The number of benzene rings is 4. The van der Waals surface area contributed by atoms with Gasteiger partial charge >= 0.3 is 30.8 Å². The Hall–Kier alpha value is -7.00. The number of ketones is 2. The molecule has 0 spiro atoms. The zero-order valence-corrected chi connectivity index (χ0v) is 58.3. The minimum absolute atomic E-state index is 0. The molecule has 6 rings (SSSR count). The number of aryl methyl sites for hydroxylation is 8. The normalized spacial score (nSPS) is 12.6. The number of carbonyl (C=O) groups excluding carboxylic acids is 3. The van der Waals surface area contributed by atoms with Gasteiger partial charge < -0.3 is 43.7 Å². The average molecular weight is 1270 g/mol. The standard InChI is InChI=1S/C38H51FN2O5.C36H47FN2O5.Li.H2O/c1-11-46-36(44)21-29(32-19-30(15-27(7)38(32)39)37-25(5)16-31(45-10)17-26(37)6)20-34(42)33(14-23(2)3)41-22-28(12-13-40(8)9)24(4)18-35(41)43;1-21(2)12-31(39-20-26(10-11-38(7)8)22(3)16-33(39)41)32(40)18-27(19-34(42)43)30-17-28(13-25(6)36(30)37)35-23(4)14-29(44-9)15-24(35)5;;/h15-19,22-23,29,33H,11-14,20-21H2,1-10H3;13-17,20-21,27,31H,10-12,18-19H2,1-9H3,(H,42,43);;1H2/q;;+1;/p-1/t29-,33?;27-,31?;;/m00../s1. The van der Waals surface area contributed by atoms with Crippen LogP contribution in [0.5, 0.6) is 11.5 Å². The fourth-order valence-corrected chi connectivity index (χ4v) is 12.2. The Morgan fingerprint density at radius 2 is 0.870 bits per heavy atom. The average Bonchev–Trinajstić information content (AvgIpc) is 0.814. The van der Waals surface area contributed by atoms with Gasteiger partial charge in [0.05, 0.1) is 45.8 Å². The van der Waals surface area contributed by atoms with Crippen molar-refractivity contribution < 1.29 is 71.6 Å². The first-order valence-electron chi connectivity index (χ1n) is 31.4. The molecule has 6 aromatic rings. The molecule has 2 N–H and O–H groups in total. The molecule has 0 aliphatic rings. The molecule has 2 heterocycles. The van der Waals surface area contributed by atoms with Gasteiger partial charge in [0.1, 0.15) is 23.1 Å². The Morgan fingerprint density at radius 1 is 0.522 bits per heavy atom. The fourth-order valence-electron chi connectivity index (χ4n) is 12.2. The van der Waals surface area contributed by atoms with Crippen LogP contribution in [0.4, 0.5) is 8.78 Å². The molecule has 2 unspecified atom stereocenters. The molecule has 4 atom stereocenters. The Kier molecular flexibility index (Phi) is 30.9. The number of esters is 1. The van der Waals surface area contributed by atoms with E-state index in [-0.39, 0.29) is 95.9 Å². The molecule has 0 radical (unpaired) electrons. The van der Waals surface area contributed by atoms with E-state index in [0.29, 0.717) is 36.1 Å². The minimum atomic E-state index is -1.12. The van der Waals surface area contributed by atoms with E-state index < -0.39 is 53.9 Å². The predicted octanol–water partition coefficient (Wildman–Crippen LogP) is 10.9. The summed E-state index contributed by atoms with van der Waals surface area (Å²) in [6, 6.07) is 16.3. The Bertz CT molecular complexity index is 3620. The third kappa shape index (κ3) is 21.3. The van der Waals surface area contributed by atoms with Gasteiger partial charge in [0.25, 0.3) is 11.1 Å². The third-order valence-electron chi connectivity index (χ3n) is 16.8. The second kappa shape index (κ2) is 35.9. The van der Waals surface area contributed by atoms with Crippen molar-refractivity contribution in [3.63, 3.8) is 0 Å². The number of nitrogens with zero attached hydrogens (tertiary/aromatic N) is 4. The van der Waals surface area contributed by atoms with Gasteiger partial charge in [-0.2, -0.15) is 0 Å². The Morgan fingerprint density at radius 3 is 1.17 bits per heavy atom. The maximum Gasteiger partial charge on any atom is 1.00 e. The molecule has 0 fully saturated rings. The number of Topliss-reactive ketones (excluding diaryl/α,β-unsaturated/α-hetero) is 2. The summed E-state index contributed by atoms with van der Waals surface area (Å²) < 4.78 is 51.1. The summed E-state index contributed by atoms with van der Waals surface area (Å²) in [7, 11) is 11.2. The molecule has 18 heteroatoms. The van der Waals surface area contributed by atoms with Crippen molar-refractivity contribution in [2.24, 2.45) is 11.8 Å². The predicted molar refractivity (Wildman–Crippen MR) is 358 cm³/mol. The molecular weight excluding hydrogens is 1170 g/mol. The number of methoxy groups -OCH3 is 2. The van der Waals surface area contributed by atoms with Crippen LogP contribution in [0, 0.1) is 78.9 Å². The molecule has 496 valence electrons. The van der Waals surface area contributed by atoms with E-state index in [1.807, 2.05) is 128 Å². The molecule has 92 heavy (non-hydrogen) atoms. The summed E-state index contributed by atoms with van der Waals surface area (Å²) in [5, 5.41) is 9.86. The molecule has 0 aliphatic carbocycles. The Balaban J connectivity index is 0.000000470. The molecule has 15 nitrogen and oxygen atoms in total. The third-order valence-corrected chi connectivity index (χ3v) is 16.8. The van der Waals surface area contributed by atoms with E-state index >= 15 is 8.78 Å². The van der Waals surface area contributed by atoms with Gasteiger partial charge in [-0.15, -0.1) is 0 Å². The van der Waals surface area contributed by atoms with Crippen LogP contribution in [0.2, 0.25) is 0 Å². The summed E-state index contributed by atoms with van der Waals surface area (Å²) in [5.41, 5.74) is 11.7. The maximum atomic E-state index is 16.1. The number of hydrogen-bond acceptors (Lipinski definition) is 12. The monoisotopic (exact) mass is 1260 g/mol. The van der Waals surface area contributed by atoms with Crippen molar-refractivity contribution in [2.45, 2.75) is 165 Å². The smallest absolute Gasteiger partial charge is 0.870 e. The SMILES string of the molecule is CCOC(=O)C[C@H](CC(=O)C(CC(C)C)n1cc(CCN(C)C)c(C)cc1=O)c1cc(-c2c(C)cc(OC)cc2C)cc(C)c1F.COc1cc(C)c(-c2cc(C)c(F)c([C@H](CC(=O)O)CC(=O)C(CC(C)C)n3cc(CCN(C)C)c(C)cc3=O)c2)c(C)c1.[Li+].[OH-]. The van der Waals surface area contributed by atoms with Crippen LogP contribution < -0.4 is 39.5 Å². The largest absolute Gasteiger partial charge is 1.00 e. The van der Waals surface area contributed by atoms with Crippen molar-refractivity contribution in [1.82, 2.24) is 18.9 Å². The van der Waals surface area contributed by atoms with E-state index in [1.165, 1.54) is 4.57 Å². The number of halogens is 2. The van der Waals surface area contributed by atoms with Gasteiger partial charge in [0, 0.05) is 62.3 Å². The first kappa shape index (κ1) is 79.2. The molecule has 2 aromatic heterocycles. The first-order chi connectivity index (χ1) is 42.3. The quantitative estimate of drug-likeness (QED) is 0.0344. The number of ether oxygens (including phenoxy) is 3. The summed E-state index contributed by atoms with van der Waals surface area (Å²) in [5.74, 6) is -3.15. The number of rotatable bonds is 29. The van der Waals surface area contributed by atoms with Crippen molar-refractivity contribution in [1.29, 1.82) is 0 Å². The topological polar surface area (TPSA) is 197 Å². The summed E-state index contributed by atoms with van der Waals surface area (Å²) in [6.45, 7) is 26.5. The number of carbonyl (C=O) groups is 4. The zero-order chi connectivity index (χ0) is 67.2.